The van der Waals surface area contributed by atoms with Gasteiger partial charge in [0.05, 0.1) is 16.7 Å². The van der Waals surface area contributed by atoms with Crippen LogP contribution in [0.1, 0.15) is 13.8 Å². The molecule has 0 radical (unpaired) electrons. The molecule has 1 aromatic carbocycles. The van der Waals surface area contributed by atoms with Gasteiger partial charge in [-0.05, 0) is 6.07 Å². The standard InChI is InChI=1S/C13H12N2O7/c1-13(2)21-11(17)8(12(18)22-13)6-14-9-4-3-7(15(19)20)5-10(9)16/h3-6,14,16H,1-2H3. The van der Waals surface area contributed by atoms with E-state index in [2.05, 4.69) is 5.32 Å². The fraction of sp³-hybridized carbons (Fsp3) is 0.231. The molecule has 0 unspecified atom stereocenters. The van der Waals surface area contributed by atoms with E-state index < -0.39 is 34.0 Å². The molecule has 1 aliphatic rings. The van der Waals surface area contributed by atoms with Crippen LogP contribution in [0.15, 0.2) is 30.0 Å². The van der Waals surface area contributed by atoms with Gasteiger partial charge in [0, 0.05) is 26.1 Å². The van der Waals surface area contributed by atoms with E-state index in [1.807, 2.05) is 0 Å². The molecule has 2 rings (SSSR count). The zero-order chi connectivity index (χ0) is 16.5. The van der Waals surface area contributed by atoms with E-state index in [1.54, 1.807) is 0 Å². The lowest BCUT2D eigenvalue weighted by Gasteiger charge is -2.29. The predicted octanol–water partition coefficient (Wildman–Crippen LogP) is 1.43. The first-order valence-corrected chi connectivity index (χ1v) is 6.10. The highest BCUT2D eigenvalue weighted by Crippen LogP contribution is 2.28. The van der Waals surface area contributed by atoms with Gasteiger partial charge in [-0.1, -0.05) is 0 Å². The normalized spacial score (nSPS) is 16.5. The number of esters is 2. The van der Waals surface area contributed by atoms with Gasteiger partial charge in [-0.3, -0.25) is 10.1 Å². The Hall–Kier alpha value is -3.10. The van der Waals surface area contributed by atoms with Crippen molar-refractivity contribution >= 4 is 23.3 Å². The molecule has 9 heteroatoms. The van der Waals surface area contributed by atoms with Crippen LogP contribution in [0.5, 0.6) is 5.75 Å². The van der Waals surface area contributed by atoms with E-state index in [-0.39, 0.29) is 11.4 Å². The number of anilines is 1. The number of non-ortho nitro benzene ring substituents is 1. The summed E-state index contributed by atoms with van der Waals surface area (Å²) in [5.41, 5.74) is -0.616. The van der Waals surface area contributed by atoms with Gasteiger partial charge in [0.1, 0.15) is 5.75 Å². The molecular weight excluding hydrogens is 296 g/mol. The van der Waals surface area contributed by atoms with E-state index in [1.165, 1.54) is 19.9 Å². The summed E-state index contributed by atoms with van der Waals surface area (Å²) >= 11 is 0. The summed E-state index contributed by atoms with van der Waals surface area (Å²) in [6, 6.07) is 3.32. The van der Waals surface area contributed by atoms with Crippen molar-refractivity contribution in [2.75, 3.05) is 5.32 Å². The van der Waals surface area contributed by atoms with E-state index >= 15 is 0 Å². The summed E-state index contributed by atoms with van der Waals surface area (Å²) in [7, 11) is 0. The summed E-state index contributed by atoms with van der Waals surface area (Å²) in [5, 5.41) is 22.7. The Balaban J connectivity index is 2.20. The number of cyclic esters (lactones) is 2. The number of aromatic hydroxyl groups is 1. The van der Waals surface area contributed by atoms with Crippen LogP contribution in [0.3, 0.4) is 0 Å². The number of nitro benzene ring substituents is 1. The second-order valence-electron chi connectivity index (χ2n) is 4.84. The van der Waals surface area contributed by atoms with Crippen LogP contribution in [0, 0.1) is 10.1 Å². The summed E-state index contributed by atoms with van der Waals surface area (Å²) in [4.78, 5) is 33.3. The van der Waals surface area contributed by atoms with Gasteiger partial charge in [0.15, 0.2) is 5.57 Å². The number of hydrogen-bond acceptors (Lipinski definition) is 8. The van der Waals surface area contributed by atoms with Crippen molar-refractivity contribution in [2.45, 2.75) is 19.6 Å². The number of rotatable bonds is 3. The highest BCUT2D eigenvalue weighted by atomic mass is 16.7. The lowest BCUT2D eigenvalue weighted by atomic mass is 10.2. The van der Waals surface area contributed by atoms with Gasteiger partial charge in [-0.2, -0.15) is 0 Å². The van der Waals surface area contributed by atoms with E-state index in [9.17, 15) is 24.8 Å². The number of benzene rings is 1. The lowest BCUT2D eigenvalue weighted by molar-refractivity contribution is -0.384. The van der Waals surface area contributed by atoms with Gasteiger partial charge in [-0.15, -0.1) is 0 Å². The zero-order valence-corrected chi connectivity index (χ0v) is 11.7. The van der Waals surface area contributed by atoms with Crippen LogP contribution in [-0.2, 0) is 19.1 Å². The minimum absolute atomic E-state index is 0.0727. The molecule has 0 aliphatic carbocycles. The number of ether oxygens (including phenoxy) is 2. The second kappa shape index (κ2) is 5.35. The topological polar surface area (TPSA) is 128 Å². The molecule has 0 aromatic heterocycles. The molecule has 0 spiro atoms. The Bertz CT molecular complexity index is 672. The van der Waals surface area contributed by atoms with Crippen molar-refractivity contribution in [1.29, 1.82) is 0 Å². The first-order chi connectivity index (χ1) is 10.2. The van der Waals surface area contributed by atoms with Gasteiger partial charge >= 0.3 is 11.9 Å². The lowest BCUT2D eigenvalue weighted by Crippen LogP contribution is -2.42. The molecule has 0 saturated carbocycles. The van der Waals surface area contributed by atoms with Crippen LogP contribution in [0.2, 0.25) is 0 Å². The number of phenolic OH excluding ortho intramolecular Hbond substituents is 1. The van der Waals surface area contributed by atoms with Crippen molar-refractivity contribution in [3.63, 3.8) is 0 Å². The SMILES string of the molecule is CC1(C)OC(=O)C(=CNc2ccc([N+](=O)[O-])cc2O)C(=O)O1. The number of carbonyl (C=O) groups is 2. The summed E-state index contributed by atoms with van der Waals surface area (Å²) in [6.07, 6.45) is 1.00. The fourth-order valence-electron chi connectivity index (χ4n) is 1.68. The molecule has 1 aromatic rings. The monoisotopic (exact) mass is 308 g/mol. The summed E-state index contributed by atoms with van der Waals surface area (Å²) in [5.74, 6) is -3.52. The van der Waals surface area contributed by atoms with Crippen molar-refractivity contribution in [3.8, 4) is 5.75 Å². The van der Waals surface area contributed by atoms with E-state index in [4.69, 9.17) is 9.47 Å². The summed E-state index contributed by atoms with van der Waals surface area (Å²) < 4.78 is 9.77. The summed E-state index contributed by atoms with van der Waals surface area (Å²) in [6.45, 7) is 2.82. The molecule has 22 heavy (non-hydrogen) atoms. The fourth-order valence-corrected chi connectivity index (χ4v) is 1.68. The van der Waals surface area contributed by atoms with Crippen LogP contribution in [0.4, 0.5) is 11.4 Å². The molecule has 0 atom stereocenters. The van der Waals surface area contributed by atoms with Gasteiger partial charge in [0.25, 0.3) is 11.5 Å². The van der Waals surface area contributed by atoms with Crippen molar-refractivity contribution in [3.05, 3.63) is 40.1 Å². The smallest absolute Gasteiger partial charge is 0.350 e. The Kier molecular flexibility index (Phi) is 3.72. The molecule has 1 saturated heterocycles. The van der Waals surface area contributed by atoms with Crippen LogP contribution >= 0.6 is 0 Å². The Morgan fingerprint density at radius 3 is 2.36 bits per heavy atom. The van der Waals surface area contributed by atoms with Crippen LogP contribution < -0.4 is 5.32 Å². The minimum atomic E-state index is -1.35. The number of nitrogens with one attached hydrogen (secondary N) is 1. The Morgan fingerprint density at radius 2 is 1.86 bits per heavy atom. The average Bonchev–Trinajstić information content (AvgIpc) is 2.37. The number of hydrogen-bond donors (Lipinski definition) is 2. The molecule has 0 amide bonds. The van der Waals surface area contributed by atoms with Crippen LogP contribution in [-0.4, -0.2) is 27.8 Å². The molecular formula is C13H12N2O7. The van der Waals surface area contributed by atoms with E-state index in [0.29, 0.717) is 0 Å². The quantitative estimate of drug-likeness (QED) is 0.214. The molecule has 9 nitrogen and oxygen atoms in total. The van der Waals surface area contributed by atoms with Crippen molar-refractivity contribution < 1.29 is 29.1 Å². The molecule has 1 aliphatic heterocycles. The predicted molar refractivity (Wildman–Crippen MR) is 72.7 cm³/mol. The maximum absolute atomic E-state index is 11.7. The molecule has 116 valence electrons. The van der Waals surface area contributed by atoms with Crippen molar-refractivity contribution in [1.82, 2.24) is 0 Å². The third-order valence-corrected chi connectivity index (χ3v) is 2.68. The minimum Gasteiger partial charge on any atom is -0.506 e. The largest absolute Gasteiger partial charge is 0.506 e. The molecule has 0 bridgehead atoms. The van der Waals surface area contributed by atoms with Crippen LogP contribution in [0.25, 0.3) is 0 Å². The third-order valence-electron chi connectivity index (χ3n) is 2.68. The molecule has 2 N–H and O–H groups in total. The number of phenols is 1. The van der Waals surface area contributed by atoms with E-state index in [0.717, 1.165) is 18.3 Å². The van der Waals surface area contributed by atoms with Gasteiger partial charge in [0.2, 0.25) is 0 Å². The Labute approximate surface area is 124 Å². The molecule has 1 fully saturated rings. The van der Waals surface area contributed by atoms with Crippen molar-refractivity contribution in [2.24, 2.45) is 0 Å². The van der Waals surface area contributed by atoms with Gasteiger partial charge in [-0.25, -0.2) is 9.59 Å². The second-order valence-corrected chi connectivity index (χ2v) is 4.84. The zero-order valence-electron chi connectivity index (χ0n) is 11.7. The first kappa shape index (κ1) is 15.3. The maximum Gasteiger partial charge on any atom is 0.350 e. The molecule has 1 heterocycles. The number of carbonyl (C=O) groups excluding carboxylic acids is 2. The number of nitro groups is 1. The Morgan fingerprint density at radius 1 is 1.27 bits per heavy atom. The maximum atomic E-state index is 11.7. The number of nitrogens with zero attached hydrogens (tertiary/aromatic N) is 1. The first-order valence-electron chi connectivity index (χ1n) is 6.10. The third kappa shape index (κ3) is 3.14. The van der Waals surface area contributed by atoms with Gasteiger partial charge < -0.3 is 19.9 Å². The highest BCUT2D eigenvalue weighted by molar-refractivity contribution is 6.15. The average molecular weight is 308 g/mol. The highest BCUT2D eigenvalue weighted by Gasteiger charge is 2.38.